The van der Waals surface area contributed by atoms with E-state index in [2.05, 4.69) is 70.0 Å². The van der Waals surface area contributed by atoms with E-state index in [-0.39, 0.29) is 29.8 Å². The van der Waals surface area contributed by atoms with Gasteiger partial charge in [0.1, 0.15) is 24.7 Å². The number of likely N-dealkylation sites (tertiary alicyclic amines) is 1. The molecule has 0 spiro atoms. The van der Waals surface area contributed by atoms with E-state index < -0.39 is 20.5 Å². The minimum absolute atomic E-state index is 0.0264. The molecule has 11 nitrogen and oxygen atoms in total. The highest BCUT2D eigenvalue weighted by Crippen LogP contribution is 2.39. The number of rotatable bonds is 21. The number of nitrogens with zero attached hydrogens (tertiary/aromatic N) is 2. The quantitative estimate of drug-likeness (QED) is 0.0766. The molecule has 3 aromatic carbocycles. The first kappa shape index (κ1) is 45.4. The van der Waals surface area contributed by atoms with E-state index in [0.29, 0.717) is 52.7 Å². The molecule has 4 atom stereocenters. The number of amides is 1. The zero-order chi connectivity index (χ0) is 41.5. The van der Waals surface area contributed by atoms with Crippen molar-refractivity contribution in [2.75, 3.05) is 78.3 Å². The largest absolute Gasteiger partial charge is 0.494 e. The maximum Gasteiger partial charge on any atom is 0.410 e. The highest BCUT2D eigenvalue weighted by Gasteiger charge is 2.42. The van der Waals surface area contributed by atoms with Crippen LogP contribution in [0.25, 0.3) is 0 Å². The van der Waals surface area contributed by atoms with Gasteiger partial charge in [-0.1, -0.05) is 69.3 Å². The van der Waals surface area contributed by atoms with Crippen molar-refractivity contribution in [1.82, 2.24) is 4.90 Å². The third-order valence-corrected chi connectivity index (χ3v) is 16.1. The van der Waals surface area contributed by atoms with E-state index in [1.807, 2.05) is 48.5 Å². The van der Waals surface area contributed by atoms with Crippen LogP contribution >= 0.6 is 0 Å². The Balaban J connectivity index is 1.39. The van der Waals surface area contributed by atoms with Gasteiger partial charge in [0.15, 0.2) is 8.32 Å². The Kier molecular flexibility index (Phi) is 17.3. The SMILES string of the molecule is COCCCOc1ccc([C@@H]2[C@@H](OCc3ccc4c(c3)N(CCCOC)CCO4)CN(C(=O)OCc3ccccc3)C[C@H]2OCC[C@H](C)O[Si](C)(C)C(C)(C)C)cc1. The van der Waals surface area contributed by atoms with E-state index in [4.69, 9.17) is 37.6 Å². The van der Waals surface area contributed by atoms with Gasteiger partial charge in [-0.3, -0.25) is 0 Å². The van der Waals surface area contributed by atoms with Gasteiger partial charge >= 0.3 is 6.09 Å². The number of hydrogen-bond donors (Lipinski definition) is 0. The first-order valence-corrected chi connectivity index (χ1v) is 23.9. The summed E-state index contributed by atoms with van der Waals surface area (Å²) in [5, 5.41) is 0.106. The monoisotopic (exact) mass is 820 g/mol. The number of hydrogen-bond acceptors (Lipinski definition) is 10. The summed E-state index contributed by atoms with van der Waals surface area (Å²) in [5.74, 6) is 1.49. The van der Waals surface area contributed by atoms with Crippen LogP contribution in [0, 0.1) is 0 Å². The number of fused-ring (bicyclic) bond motifs is 1. The summed E-state index contributed by atoms with van der Waals surface area (Å²) in [4.78, 5) is 17.9. The van der Waals surface area contributed by atoms with E-state index in [9.17, 15) is 4.79 Å². The van der Waals surface area contributed by atoms with Crippen molar-refractivity contribution in [2.24, 2.45) is 0 Å². The predicted molar refractivity (Wildman–Crippen MR) is 231 cm³/mol. The normalized spacial score (nSPS) is 19.0. The van der Waals surface area contributed by atoms with Gasteiger partial charge in [-0.05, 0) is 78.9 Å². The molecule has 0 aromatic heterocycles. The summed E-state index contributed by atoms with van der Waals surface area (Å²) in [6.45, 7) is 19.4. The molecular weight excluding hydrogens is 753 g/mol. The second-order valence-corrected chi connectivity index (χ2v) is 21.7. The standard InChI is InChI=1S/C46H68N2O9Si/c1-35(57-58(7,8)46(2,3)4)22-28-53-42-31-48(45(49)56-33-36-14-10-9-11-15-36)32-43(44(42)38-17-19-39(20-18-38)52-27-13-26-51-6)55-34-37-16-21-41-40(30-37)47(24-29-54-41)23-12-25-50-5/h9-11,14-21,30,35,42-44H,12-13,22-29,31-34H2,1-8H3/t35-,42+,43-,44-/m0/s1. The van der Waals surface area contributed by atoms with E-state index in [1.165, 1.54) is 0 Å². The summed E-state index contributed by atoms with van der Waals surface area (Å²) >= 11 is 0. The minimum atomic E-state index is -1.96. The van der Waals surface area contributed by atoms with E-state index >= 15 is 0 Å². The van der Waals surface area contributed by atoms with Crippen LogP contribution < -0.4 is 14.4 Å². The Morgan fingerprint density at radius 2 is 1.55 bits per heavy atom. The van der Waals surface area contributed by atoms with Gasteiger partial charge in [-0.25, -0.2) is 4.79 Å². The summed E-state index contributed by atoms with van der Waals surface area (Å²) in [6.07, 6.45) is 1.32. The van der Waals surface area contributed by atoms with Gasteiger partial charge < -0.3 is 47.4 Å². The maximum absolute atomic E-state index is 13.8. The molecule has 2 aliphatic heterocycles. The van der Waals surface area contributed by atoms with Crippen molar-refractivity contribution in [3.63, 3.8) is 0 Å². The number of piperidine rings is 1. The smallest absolute Gasteiger partial charge is 0.410 e. The summed E-state index contributed by atoms with van der Waals surface area (Å²) in [6, 6.07) is 24.2. The molecule has 1 fully saturated rings. The molecule has 0 bridgehead atoms. The topological polar surface area (TPSA) is 97.4 Å². The fourth-order valence-corrected chi connectivity index (χ4v) is 8.70. The molecule has 5 rings (SSSR count). The van der Waals surface area contributed by atoms with Crippen molar-refractivity contribution in [1.29, 1.82) is 0 Å². The molecule has 320 valence electrons. The maximum atomic E-state index is 13.8. The number of carbonyl (C=O) groups is 1. The molecule has 0 saturated carbocycles. The fourth-order valence-electron chi connectivity index (χ4n) is 7.22. The summed E-state index contributed by atoms with van der Waals surface area (Å²) in [5.41, 5.74) is 4.08. The average molecular weight is 821 g/mol. The molecule has 58 heavy (non-hydrogen) atoms. The highest BCUT2D eigenvalue weighted by atomic mass is 28.4. The zero-order valence-electron chi connectivity index (χ0n) is 36.2. The first-order valence-electron chi connectivity index (χ1n) is 21.0. The van der Waals surface area contributed by atoms with Gasteiger partial charge in [0, 0.05) is 59.0 Å². The lowest BCUT2D eigenvalue weighted by atomic mass is 9.84. The van der Waals surface area contributed by atoms with Crippen molar-refractivity contribution in [3.8, 4) is 11.5 Å². The number of methoxy groups -OCH3 is 2. The van der Waals surface area contributed by atoms with Gasteiger partial charge in [0.05, 0.1) is 50.7 Å². The van der Waals surface area contributed by atoms with Crippen molar-refractivity contribution in [2.45, 2.75) is 103 Å². The number of ether oxygens (including phenoxy) is 7. The molecule has 0 N–H and O–H groups in total. The lowest BCUT2D eigenvalue weighted by Crippen LogP contribution is -2.54. The van der Waals surface area contributed by atoms with E-state index in [1.54, 1.807) is 19.1 Å². The molecule has 0 unspecified atom stereocenters. The molecule has 1 saturated heterocycles. The van der Waals surface area contributed by atoms with Gasteiger partial charge in [0.25, 0.3) is 0 Å². The van der Waals surface area contributed by atoms with Crippen LogP contribution in [0.15, 0.2) is 72.8 Å². The lowest BCUT2D eigenvalue weighted by Gasteiger charge is -2.43. The molecular formula is C46H68N2O9Si. The first-order chi connectivity index (χ1) is 27.9. The summed E-state index contributed by atoms with van der Waals surface area (Å²) in [7, 11) is 1.47. The van der Waals surface area contributed by atoms with Crippen LogP contribution in [0.4, 0.5) is 10.5 Å². The Morgan fingerprint density at radius 1 is 0.845 bits per heavy atom. The van der Waals surface area contributed by atoms with Crippen LogP contribution in [0.1, 0.15) is 69.6 Å². The number of anilines is 1. The van der Waals surface area contributed by atoms with Gasteiger partial charge in [0.2, 0.25) is 0 Å². The van der Waals surface area contributed by atoms with Gasteiger partial charge in [-0.15, -0.1) is 0 Å². The molecule has 2 aliphatic rings. The van der Waals surface area contributed by atoms with Gasteiger partial charge in [-0.2, -0.15) is 0 Å². The summed E-state index contributed by atoms with van der Waals surface area (Å²) < 4.78 is 48.9. The molecule has 0 aliphatic carbocycles. The minimum Gasteiger partial charge on any atom is -0.494 e. The van der Waals surface area contributed by atoms with Crippen molar-refractivity contribution in [3.05, 3.63) is 89.5 Å². The lowest BCUT2D eigenvalue weighted by molar-refractivity contribution is -0.0941. The third kappa shape index (κ3) is 13.2. The van der Waals surface area contributed by atoms with Crippen LogP contribution in [-0.4, -0.2) is 111 Å². The molecule has 12 heteroatoms. The van der Waals surface area contributed by atoms with Crippen LogP contribution in [0.5, 0.6) is 11.5 Å². The Bertz CT molecular complexity index is 1670. The third-order valence-electron chi connectivity index (χ3n) is 11.5. The second kappa shape index (κ2) is 22.1. The highest BCUT2D eigenvalue weighted by molar-refractivity contribution is 6.74. The fraction of sp³-hybridized carbons (Fsp3) is 0.587. The Hall–Kier alpha value is -3.65. The zero-order valence-corrected chi connectivity index (χ0v) is 37.2. The molecule has 3 aromatic rings. The Morgan fingerprint density at radius 3 is 2.26 bits per heavy atom. The average Bonchev–Trinajstić information content (AvgIpc) is 3.21. The number of carbonyl (C=O) groups excluding carboxylic acids is 1. The van der Waals surface area contributed by atoms with Crippen molar-refractivity contribution < 1.29 is 42.4 Å². The molecule has 1 amide bonds. The Labute approximate surface area is 348 Å². The van der Waals surface area contributed by atoms with Crippen LogP contribution in [-0.2, 0) is 41.3 Å². The van der Waals surface area contributed by atoms with Crippen LogP contribution in [0.2, 0.25) is 18.1 Å². The number of benzene rings is 3. The molecule has 2 heterocycles. The predicted octanol–water partition coefficient (Wildman–Crippen LogP) is 8.84. The molecule has 0 radical (unpaired) electrons. The second-order valence-electron chi connectivity index (χ2n) is 17.0. The van der Waals surface area contributed by atoms with Crippen molar-refractivity contribution >= 4 is 20.1 Å². The van der Waals surface area contributed by atoms with Crippen LogP contribution in [0.3, 0.4) is 0 Å². The van der Waals surface area contributed by atoms with E-state index in [0.717, 1.165) is 66.2 Å².